The molecule has 0 saturated heterocycles. The van der Waals surface area contributed by atoms with Gasteiger partial charge in [-0.3, -0.25) is 9.20 Å². The number of hydrogen-bond donors (Lipinski definition) is 1. The summed E-state index contributed by atoms with van der Waals surface area (Å²) < 4.78 is 1.76. The summed E-state index contributed by atoms with van der Waals surface area (Å²) in [7, 11) is 0. The summed E-state index contributed by atoms with van der Waals surface area (Å²) in [6.07, 6.45) is 3.82. The Labute approximate surface area is 107 Å². The first kappa shape index (κ1) is 10.9. The first-order valence-electron chi connectivity index (χ1n) is 5.43. The molecule has 0 saturated carbocycles. The van der Waals surface area contributed by atoms with Crippen LogP contribution in [0.5, 0.6) is 0 Å². The van der Waals surface area contributed by atoms with Gasteiger partial charge in [0.15, 0.2) is 5.65 Å². The molecule has 0 radical (unpaired) electrons. The van der Waals surface area contributed by atoms with E-state index in [1.54, 1.807) is 22.1 Å². The molecule has 5 nitrogen and oxygen atoms in total. The van der Waals surface area contributed by atoms with E-state index < -0.39 is 0 Å². The predicted molar refractivity (Wildman–Crippen MR) is 69.6 cm³/mol. The highest BCUT2D eigenvalue weighted by molar-refractivity contribution is 7.10. The molecule has 0 atom stereocenters. The van der Waals surface area contributed by atoms with Gasteiger partial charge >= 0.3 is 0 Å². The first-order chi connectivity index (χ1) is 8.83. The van der Waals surface area contributed by atoms with Gasteiger partial charge in [0.05, 0.1) is 12.1 Å². The summed E-state index contributed by atoms with van der Waals surface area (Å²) in [6, 6.07) is 7.54. The summed E-state index contributed by atoms with van der Waals surface area (Å²) in [5.74, 6) is -0.0476. The molecule has 1 amide bonds. The van der Waals surface area contributed by atoms with Gasteiger partial charge in [-0.05, 0) is 23.6 Å². The number of hydrogen-bond acceptors (Lipinski definition) is 4. The van der Waals surface area contributed by atoms with Crippen LogP contribution in [0.4, 0.5) is 5.69 Å². The third-order valence-corrected chi connectivity index (χ3v) is 3.39. The minimum absolute atomic E-state index is 0.0476. The lowest BCUT2D eigenvalue weighted by Crippen LogP contribution is -2.14. The number of amides is 1. The Morgan fingerprint density at radius 3 is 3.17 bits per heavy atom. The molecule has 18 heavy (non-hydrogen) atoms. The number of fused-ring (bicyclic) bond motifs is 1. The third kappa shape index (κ3) is 2.10. The molecule has 0 bridgehead atoms. The maximum Gasteiger partial charge on any atom is 0.229 e. The number of anilines is 1. The zero-order chi connectivity index (χ0) is 12.4. The van der Waals surface area contributed by atoms with Gasteiger partial charge in [-0.2, -0.15) is 0 Å². The van der Waals surface area contributed by atoms with Crippen molar-refractivity contribution in [1.82, 2.24) is 14.6 Å². The highest BCUT2D eigenvalue weighted by atomic mass is 32.1. The van der Waals surface area contributed by atoms with Crippen LogP contribution in [0.3, 0.4) is 0 Å². The van der Waals surface area contributed by atoms with Crippen LogP contribution in [0.15, 0.2) is 42.2 Å². The van der Waals surface area contributed by atoms with Crippen LogP contribution < -0.4 is 5.32 Å². The van der Waals surface area contributed by atoms with E-state index in [1.807, 2.05) is 35.8 Å². The van der Waals surface area contributed by atoms with E-state index in [4.69, 9.17) is 0 Å². The molecule has 0 aliphatic rings. The number of carbonyl (C=O) groups is 1. The lowest BCUT2D eigenvalue weighted by atomic mass is 10.3. The van der Waals surface area contributed by atoms with E-state index >= 15 is 0 Å². The summed E-state index contributed by atoms with van der Waals surface area (Å²) in [5.41, 5.74) is 1.33. The number of pyridine rings is 1. The fourth-order valence-corrected chi connectivity index (χ4v) is 2.42. The molecule has 0 unspecified atom stereocenters. The average Bonchev–Trinajstić information content (AvgIpc) is 2.99. The molecule has 0 aromatic carbocycles. The van der Waals surface area contributed by atoms with Gasteiger partial charge in [-0.25, -0.2) is 0 Å². The smallest absolute Gasteiger partial charge is 0.229 e. The van der Waals surface area contributed by atoms with Crippen LogP contribution in [0, 0.1) is 0 Å². The zero-order valence-corrected chi connectivity index (χ0v) is 10.2. The summed E-state index contributed by atoms with van der Waals surface area (Å²) in [4.78, 5) is 12.9. The van der Waals surface area contributed by atoms with Crippen molar-refractivity contribution in [2.45, 2.75) is 6.42 Å². The number of aromatic nitrogens is 3. The third-order valence-electron chi connectivity index (χ3n) is 2.51. The van der Waals surface area contributed by atoms with Gasteiger partial charge in [0.2, 0.25) is 5.91 Å². The lowest BCUT2D eigenvalue weighted by molar-refractivity contribution is -0.115. The molecule has 1 N–H and O–H groups in total. The molecule has 0 fully saturated rings. The molecule has 6 heteroatoms. The summed E-state index contributed by atoms with van der Waals surface area (Å²) in [5, 5.41) is 12.6. The van der Waals surface area contributed by atoms with Crippen LogP contribution in [-0.2, 0) is 11.2 Å². The Balaban J connectivity index is 1.80. The van der Waals surface area contributed by atoms with Crippen LogP contribution in [-0.4, -0.2) is 20.5 Å². The van der Waals surface area contributed by atoms with E-state index in [2.05, 4.69) is 15.5 Å². The molecule has 0 aliphatic heterocycles. The maximum atomic E-state index is 11.9. The van der Waals surface area contributed by atoms with Crippen molar-refractivity contribution in [3.63, 3.8) is 0 Å². The molecular weight excluding hydrogens is 248 g/mol. The van der Waals surface area contributed by atoms with Crippen molar-refractivity contribution in [1.29, 1.82) is 0 Å². The minimum atomic E-state index is -0.0476. The van der Waals surface area contributed by atoms with E-state index in [9.17, 15) is 4.79 Å². The predicted octanol–water partition coefficient (Wildman–Crippen LogP) is 1.97. The molecule has 3 aromatic heterocycles. The van der Waals surface area contributed by atoms with Gasteiger partial charge in [0, 0.05) is 11.1 Å². The second-order valence-electron chi connectivity index (χ2n) is 3.79. The average molecular weight is 258 g/mol. The lowest BCUT2D eigenvalue weighted by Gasteiger charge is -2.04. The Bertz CT molecular complexity index is 674. The molecule has 3 rings (SSSR count). The quantitative estimate of drug-likeness (QED) is 0.781. The van der Waals surface area contributed by atoms with Crippen molar-refractivity contribution >= 4 is 28.6 Å². The van der Waals surface area contributed by atoms with E-state index in [1.165, 1.54) is 0 Å². The number of rotatable bonds is 3. The topological polar surface area (TPSA) is 59.3 Å². The second kappa shape index (κ2) is 4.58. The zero-order valence-electron chi connectivity index (χ0n) is 9.41. The van der Waals surface area contributed by atoms with E-state index in [0.29, 0.717) is 17.8 Å². The van der Waals surface area contributed by atoms with Gasteiger partial charge in [-0.1, -0.05) is 6.07 Å². The van der Waals surface area contributed by atoms with E-state index in [-0.39, 0.29) is 5.91 Å². The molecule has 3 aromatic rings. The first-order valence-corrected chi connectivity index (χ1v) is 6.31. The highest BCUT2D eigenvalue weighted by Gasteiger charge is 2.08. The van der Waals surface area contributed by atoms with E-state index in [0.717, 1.165) is 4.88 Å². The Hall–Kier alpha value is -2.21. The largest absolute Gasteiger partial charge is 0.323 e. The van der Waals surface area contributed by atoms with Crippen molar-refractivity contribution in [3.8, 4) is 0 Å². The summed E-state index contributed by atoms with van der Waals surface area (Å²) in [6.45, 7) is 0. The number of nitrogens with one attached hydrogen (secondary N) is 1. The van der Waals surface area contributed by atoms with Crippen LogP contribution in [0.1, 0.15) is 4.88 Å². The molecule has 0 aliphatic carbocycles. The Morgan fingerprint density at radius 2 is 2.33 bits per heavy atom. The van der Waals surface area contributed by atoms with Crippen LogP contribution >= 0.6 is 11.3 Å². The Kier molecular flexibility index (Phi) is 2.77. The summed E-state index contributed by atoms with van der Waals surface area (Å²) >= 11 is 1.57. The molecular formula is C12H10N4OS. The normalized spacial score (nSPS) is 10.7. The highest BCUT2D eigenvalue weighted by Crippen LogP contribution is 2.15. The van der Waals surface area contributed by atoms with Crippen LogP contribution in [0.25, 0.3) is 5.65 Å². The second-order valence-corrected chi connectivity index (χ2v) is 4.82. The van der Waals surface area contributed by atoms with Crippen molar-refractivity contribution in [3.05, 3.63) is 47.0 Å². The van der Waals surface area contributed by atoms with Crippen molar-refractivity contribution in [2.24, 2.45) is 0 Å². The van der Waals surface area contributed by atoms with Crippen molar-refractivity contribution in [2.75, 3.05) is 5.32 Å². The number of thiophene rings is 1. The van der Waals surface area contributed by atoms with Crippen molar-refractivity contribution < 1.29 is 4.79 Å². The maximum absolute atomic E-state index is 11.9. The van der Waals surface area contributed by atoms with Crippen LogP contribution in [0.2, 0.25) is 0 Å². The fourth-order valence-electron chi connectivity index (χ4n) is 1.71. The molecule has 90 valence electrons. The molecule has 3 heterocycles. The monoisotopic (exact) mass is 258 g/mol. The van der Waals surface area contributed by atoms with Gasteiger partial charge in [0.1, 0.15) is 6.33 Å². The number of nitrogens with zero attached hydrogens (tertiary/aromatic N) is 3. The fraction of sp³-hybridized carbons (Fsp3) is 0.0833. The SMILES string of the molecule is O=C(Cc1cccs1)Nc1cccn2cnnc12. The standard InChI is InChI=1S/C12H10N4OS/c17-11(7-9-3-2-6-18-9)14-10-4-1-5-16-8-13-15-12(10)16/h1-6,8H,7H2,(H,14,17). The van der Waals surface area contributed by atoms with Gasteiger partial charge < -0.3 is 5.32 Å². The van der Waals surface area contributed by atoms with Gasteiger partial charge in [0.25, 0.3) is 0 Å². The molecule has 0 spiro atoms. The minimum Gasteiger partial charge on any atom is -0.323 e. The van der Waals surface area contributed by atoms with Gasteiger partial charge in [-0.15, -0.1) is 21.5 Å². The Morgan fingerprint density at radius 1 is 1.39 bits per heavy atom. The number of carbonyl (C=O) groups excluding carboxylic acids is 1.